The Balaban J connectivity index is 2.84. The third-order valence-electron chi connectivity index (χ3n) is 2.54. The Kier molecular flexibility index (Phi) is 5.72. The number of aliphatic hydroxyl groups is 1. The Hall–Kier alpha value is -2.08. The van der Waals surface area contributed by atoms with E-state index < -0.39 is 23.8 Å². The Morgan fingerprint density at radius 1 is 1.29 bits per heavy atom. The number of hydrogen-bond acceptors (Lipinski definition) is 5. The highest BCUT2D eigenvalue weighted by molar-refractivity contribution is 5.86. The number of hydrogen-bond donors (Lipinski definition) is 2. The highest BCUT2D eigenvalue weighted by atomic mass is 16.6. The molecule has 0 radical (unpaired) electrons. The van der Waals surface area contributed by atoms with Gasteiger partial charge in [-0.2, -0.15) is 0 Å². The molecule has 0 fully saturated rings. The lowest BCUT2D eigenvalue weighted by Crippen LogP contribution is -2.27. The largest absolute Gasteiger partial charge is 0.469 e. The minimum atomic E-state index is -1.07. The lowest BCUT2D eigenvalue weighted by molar-refractivity contribution is -0.142. The molecule has 6 heteroatoms. The van der Waals surface area contributed by atoms with Gasteiger partial charge in [-0.1, -0.05) is 18.2 Å². The van der Waals surface area contributed by atoms with Crippen LogP contribution in [-0.4, -0.2) is 29.9 Å². The fraction of sp³-hybridized carbons (Fsp3) is 0.467. The fourth-order valence-corrected chi connectivity index (χ4v) is 1.67. The number of carbonyl (C=O) groups excluding carboxylic acids is 2. The third-order valence-corrected chi connectivity index (χ3v) is 2.54. The molecule has 1 atom stereocenters. The molecule has 0 heterocycles. The minimum absolute atomic E-state index is 0.191. The molecule has 0 aliphatic carbocycles. The Morgan fingerprint density at radius 3 is 2.48 bits per heavy atom. The maximum absolute atomic E-state index is 11.8. The highest BCUT2D eigenvalue weighted by Gasteiger charge is 2.20. The smallest absolute Gasteiger partial charge is 0.412 e. The predicted molar refractivity (Wildman–Crippen MR) is 77.9 cm³/mol. The van der Waals surface area contributed by atoms with E-state index in [1.807, 2.05) is 0 Å². The van der Waals surface area contributed by atoms with Gasteiger partial charge >= 0.3 is 12.1 Å². The van der Waals surface area contributed by atoms with Crippen LogP contribution in [0.15, 0.2) is 24.3 Å². The molecule has 0 saturated carbocycles. The molecule has 6 nitrogen and oxygen atoms in total. The van der Waals surface area contributed by atoms with Crippen LogP contribution in [0.4, 0.5) is 10.5 Å². The maximum atomic E-state index is 11.8. The number of anilines is 1. The fourth-order valence-electron chi connectivity index (χ4n) is 1.67. The van der Waals surface area contributed by atoms with Crippen LogP contribution in [-0.2, 0) is 14.3 Å². The van der Waals surface area contributed by atoms with Gasteiger partial charge in [0, 0.05) is 11.3 Å². The molecule has 0 aliphatic heterocycles. The summed E-state index contributed by atoms with van der Waals surface area (Å²) < 4.78 is 9.67. The number of amides is 1. The summed E-state index contributed by atoms with van der Waals surface area (Å²) in [4.78, 5) is 23.0. The molecular formula is C15H21NO5. The molecule has 21 heavy (non-hydrogen) atoms. The Bertz CT molecular complexity index is 507. The zero-order chi connectivity index (χ0) is 16.0. The number of aliphatic hydroxyl groups excluding tert-OH is 1. The molecular weight excluding hydrogens is 274 g/mol. The first kappa shape index (κ1) is 17.0. The monoisotopic (exact) mass is 295 g/mol. The van der Waals surface area contributed by atoms with Crippen molar-refractivity contribution in [1.29, 1.82) is 0 Å². The molecule has 1 rings (SSSR count). The first-order valence-corrected chi connectivity index (χ1v) is 6.56. The summed E-state index contributed by atoms with van der Waals surface area (Å²) in [6, 6.07) is 6.66. The van der Waals surface area contributed by atoms with Crippen LogP contribution in [0.2, 0.25) is 0 Å². The second kappa shape index (κ2) is 7.08. The predicted octanol–water partition coefficient (Wildman–Crippen LogP) is 2.63. The first-order chi connectivity index (χ1) is 9.73. The molecule has 1 amide bonds. The van der Waals surface area contributed by atoms with E-state index in [0.29, 0.717) is 11.3 Å². The molecule has 0 aliphatic rings. The molecule has 0 aromatic heterocycles. The van der Waals surface area contributed by atoms with Crippen LogP contribution < -0.4 is 5.32 Å². The van der Waals surface area contributed by atoms with E-state index in [1.54, 1.807) is 45.0 Å². The Labute approximate surface area is 124 Å². The molecule has 2 N–H and O–H groups in total. The van der Waals surface area contributed by atoms with Crippen molar-refractivity contribution in [1.82, 2.24) is 0 Å². The molecule has 1 unspecified atom stereocenters. The molecule has 1 aromatic carbocycles. The van der Waals surface area contributed by atoms with Crippen molar-refractivity contribution in [3.63, 3.8) is 0 Å². The summed E-state index contributed by atoms with van der Waals surface area (Å²) in [6.07, 6.45) is -1.88. The van der Waals surface area contributed by atoms with E-state index in [2.05, 4.69) is 10.1 Å². The number of para-hydroxylation sites is 1. The van der Waals surface area contributed by atoms with Crippen LogP contribution in [0.3, 0.4) is 0 Å². The van der Waals surface area contributed by atoms with Gasteiger partial charge < -0.3 is 14.6 Å². The lowest BCUT2D eigenvalue weighted by Gasteiger charge is -2.21. The normalized spacial score (nSPS) is 12.4. The zero-order valence-corrected chi connectivity index (χ0v) is 12.7. The molecule has 0 saturated heterocycles. The van der Waals surface area contributed by atoms with Crippen LogP contribution in [0.25, 0.3) is 0 Å². The number of ether oxygens (including phenoxy) is 2. The van der Waals surface area contributed by atoms with Crippen molar-refractivity contribution in [3.05, 3.63) is 29.8 Å². The zero-order valence-electron chi connectivity index (χ0n) is 12.7. The van der Waals surface area contributed by atoms with Gasteiger partial charge in [0.05, 0.1) is 19.6 Å². The van der Waals surface area contributed by atoms with Crippen LogP contribution in [0.5, 0.6) is 0 Å². The minimum Gasteiger partial charge on any atom is -0.469 e. The molecule has 0 spiro atoms. The van der Waals surface area contributed by atoms with Crippen LogP contribution in [0.1, 0.15) is 38.9 Å². The van der Waals surface area contributed by atoms with Crippen LogP contribution in [0, 0.1) is 0 Å². The van der Waals surface area contributed by atoms with Crippen molar-refractivity contribution in [2.75, 3.05) is 12.4 Å². The number of rotatable bonds is 4. The second-order valence-electron chi connectivity index (χ2n) is 5.51. The molecule has 0 bridgehead atoms. The average molecular weight is 295 g/mol. The van der Waals surface area contributed by atoms with Gasteiger partial charge in [-0.15, -0.1) is 0 Å². The average Bonchev–Trinajstić information content (AvgIpc) is 2.36. The van der Waals surface area contributed by atoms with E-state index in [4.69, 9.17) is 4.74 Å². The summed E-state index contributed by atoms with van der Waals surface area (Å²) in [5, 5.41) is 12.6. The first-order valence-electron chi connectivity index (χ1n) is 6.56. The van der Waals surface area contributed by atoms with Gasteiger partial charge in [-0.3, -0.25) is 10.1 Å². The quantitative estimate of drug-likeness (QED) is 0.834. The number of carbonyl (C=O) groups is 2. The van der Waals surface area contributed by atoms with Crippen LogP contribution >= 0.6 is 0 Å². The number of benzene rings is 1. The van der Waals surface area contributed by atoms with Crippen molar-refractivity contribution >= 4 is 17.7 Å². The van der Waals surface area contributed by atoms with E-state index in [-0.39, 0.29) is 6.42 Å². The van der Waals surface area contributed by atoms with Gasteiger partial charge in [0.2, 0.25) is 0 Å². The lowest BCUT2D eigenvalue weighted by atomic mass is 10.0. The molecule has 1 aromatic rings. The summed E-state index contributed by atoms with van der Waals surface area (Å²) in [5.41, 5.74) is 0.195. The topological polar surface area (TPSA) is 84.9 Å². The van der Waals surface area contributed by atoms with Gasteiger partial charge in [0.25, 0.3) is 0 Å². The van der Waals surface area contributed by atoms with E-state index in [1.165, 1.54) is 7.11 Å². The SMILES string of the molecule is COC(=O)CC(O)c1ccccc1NC(=O)OC(C)(C)C. The number of methoxy groups -OCH3 is 1. The number of esters is 1. The van der Waals surface area contributed by atoms with E-state index >= 15 is 0 Å². The standard InChI is InChI=1S/C15H21NO5/c1-15(2,3)21-14(19)16-11-8-6-5-7-10(11)12(17)9-13(18)20-4/h5-8,12,17H,9H2,1-4H3,(H,16,19). The van der Waals surface area contributed by atoms with Gasteiger partial charge in [-0.05, 0) is 26.8 Å². The second-order valence-corrected chi connectivity index (χ2v) is 5.51. The molecule has 116 valence electrons. The van der Waals surface area contributed by atoms with Crippen molar-refractivity contribution in [3.8, 4) is 0 Å². The van der Waals surface area contributed by atoms with Gasteiger partial charge in [-0.25, -0.2) is 4.79 Å². The highest BCUT2D eigenvalue weighted by Crippen LogP contribution is 2.26. The van der Waals surface area contributed by atoms with Crippen molar-refractivity contribution < 1.29 is 24.2 Å². The Morgan fingerprint density at radius 2 is 1.90 bits per heavy atom. The van der Waals surface area contributed by atoms with Crippen molar-refractivity contribution in [2.45, 2.75) is 38.9 Å². The number of nitrogens with one attached hydrogen (secondary N) is 1. The summed E-state index contributed by atoms with van der Waals surface area (Å²) >= 11 is 0. The van der Waals surface area contributed by atoms with Gasteiger partial charge in [0.15, 0.2) is 0 Å². The summed E-state index contributed by atoms with van der Waals surface area (Å²) in [5.74, 6) is -0.533. The summed E-state index contributed by atoms with van der Waals surface area (Å²) in [6.45, 7) is 5.26. The third kappa shape index (κ3) is 5.83. The van der Waals surface area contributed by atoms with E-state index in [9.17, 15) is 14.7 Å². The van der Waals surface area contributed by atoms with Gasteiger partial charge in [0.1, 0.15) is 5.60 Å². The summed E-state index contributed by atoms with van der Waals surface area (Å²) in [7, 11) is 1.25. The van der Waals surface area contributed by atoms with Crippen molar-refractivity contribution in [2.24, 2.45) is 0 Å². The van der Waals surface area contributed by atoms with E-state index in [0.717, 1.165) is 0 Å². The maximum Gasteiger partial charge on any atom is 0.412 e.